The zero-order valence-electron chi connectivity index (χ0n) is 15.4. The van der Waals surface area contributed by atoms with Gasteiger partial charge in [0.1, 0.15) is 0 Å². The Morgan fingerprint density at radius 2 is 2.00 bits per heavy atom. The fourth-order valence-electron chi connectivity index (χ4n) is 4.16. The Morgan fingerprint density at radius 3 is 2.64 bits per heavy atom. The summed E-state index contributed by atoms with van der Waals surface area (Å²) in [6, 6.07) is 11.0. The van der Waals surface area contributed by atoms with Crippen LogP contribution in [0.5, 0.6) is 5.75 Å². The Bertz CT molecular complexity index is 1230. The van der Waals surface area contributed by atoms with Crippen molar-refractivity contribution in [1.29, 1.82) is 0 Å². The summed E-state index contributed by atoms with van der Waals surface area (Å²) in [5.74, 6) is 0.325. The van der Waals surface area contributed by atoms with Crippen LogP contribution in [-0.2, 0) is 0 Å². The van der Waals surface area contributed by atoms with Gasteiger partial charge in [0, 0.05) is 0 Å². The molecule has 1 unspecified atom stereocenters. The second kappa shape index (κ2) is 7.82. The molecule has 0 amide bonds. The molecule has 1 atom stereocenters. The third-order valence-corrected chi connectivity index (χ3v) is 18.0. The van der Waals surface area contributed by atoms with Gasteiger partial charge >= 0.3 is 204 Å². The predicted octanol–water partition coefficient (Wildman–Crippen LogP) is 4.52. The summed E-state index contributed by atoms with van der Waals surface area (Å²) < 4.78 is 5.03. The van der Waals surface area contributed by atoms with Crippen molar-refractivity contribution in [2.24, 2.45) is 4.99 Å². The monoisotopic (exact) mass is 693 g/mol. The number of nitrogens with zero attached hydrogens (tertiary/aromatic N) is 1. The van der Waals surface area contributed by atoms with Gasteiger partial charge in [-0.1, -0.05) is 0 Å². The van der Waals surface area contributed by atoms with Crippen molar-refractivity contribution in [3.05, 3.63) is 52.3 Å². The van der Waals surface area contributed by atoms with Crippen LogP contribution < -0.4 is 20.9 Å². The summed E-state index contributed by atoms with van der Waals surface area (Å²) in [6.07, 6.45) is 1.10. The van der Waals surface area contributed by atoms with E-state index in [1.54, 1.807) is 6.07 Å². The molecule has 28 heavy (non-hydrogen) atoms. The van der Waals surface area contributed by atoms with Crippen LogP contribution in [0, 0.1) is 3.57 Å². The van der Waals surface area contributed by atoms with Gasteiger partial charge in [-0.3, -0.25) is 0 Å². The van der Waals surface area contributed by atoms with Crippen LogP contribution in [0.3, 0.4) is 0 Å². The van der Waals surface area contributed by atoms with Gasteiger partial charge < -0.3 is 0 Å². The molecule has 1 aromatic heterocycles. The van der Waals surface area contributed by atoms with Crippen LogP contribution in [0.1, 0.15) is 13.3 Å². The van der Waals surface area contributed by atoms with Crippen LogP contribution in [0.15, 0.2) is 43.1 Å². The summed E-state index contributed by atoms with van der Waals surface area (Å²) in [5.41, 5.74) is 2.30. The summed E-state index contributed by atoms with van der Waals surface area (Å²) in [6.45, 7) is 9.09. The fraction of sp³-hybridized carbons (Fsp3) is 0.190. The normalized spacial score (nSPS) is 17.8. The van der Waals surface area contributed by atoms with Crippen molar-refractivity contribution in [3.8, 4) is 15.8 Å². The van der Waals surface area contributed by atoms with Crippen LogP contribution >= 0.6 is 54.5 Å². The zero-order chi connectivity index (χ0) is 20.2. The van der Waals surface area contributed by atoms with Gasteiger partial charge in [-0.15, -0.1) is 0 Å². The summed E-state index contributed by atoms with van der Waals surface area (Å²) in [5, 5.41) is 15.0. The quantitative estimate of drug-likeness (QED) is 0.318. The van der Waals surface area contributed by atoms with Crippen molar-refractivity contribution in [2.75, 3.05) is 0 Å². The van der Waals surface area contributed by atoms with Gasteiger partial charge in [-0.25, -0.2) is 0 Å². The molecule has 0 bridgehead atoms. The fourth-order valence-corrected chi connectivity index (χ4v) is 14.6. The Hall–Kier alpha value is -0.184. The van der Waals surface area contributed by atoms with E-state index in [1.165, 1.54) is 27.3 Å². The molecule has 0 fully saturated rings. The molecule has 144 valence electrons. The molecule has 2 heterocycles. The van der Waals surface area contributed by atoms with Crippen molar-refractivity contribution in [3.63, 3.8) is 0 Å². The van der Waals surface area contributed by atoms with Crippen LogP contribution in [0.25, 0.3) is 16.6 Å². The van der Waals surface area contributed by atoms with Crippen LogP contribution in [0.4, 0.5) is 5.69 Å². The van der Waals surface area contributed by atoms with Gasteiger partial charge in [0.2, 0.25) is 0 Å². The molecule has 2 nitrogen and oxygen atoms in total. The summed E-state index contributed by atoms with van der Waals surface area (Å²) in [7, 11) is -2.10. The summed E-state index contributed by atoms with van der Waals surface area (Å²) >= 11 is 10.1. The van der Waals surface area contributed by atoms with Gasteiger partial charge in [0.25, 0.3) is 0 Å². The number of aromatic hydroxyl groups is 1. The Balaban J connectivity index is 2.16. The van der Waals surface area contributed by atoms with E-state index in [4.69, 9.17) is 4.99 Å². The molecule has 0 radical (unpaired) electrons. The molecule has 0 saturated carbocycles. The van der Waals surface area contributed by atoms with Crippen molar-refractivity contribution in [2.45, 2.75) is 25.9 Å². The number of benzene rings is 2. The first-order valence-electron chi connectivity index (χ1n) is 8.96. The zero-order valence-corrected chi connectivity index (χ0v) is 23.5. The molecular weight excluding hydrogens is 676 g/mol. The number of phenolic OH excluding ortho intramolecular Hbond substituents is 1. The standard InChI is InChI=1S/C21H18Br2INOSeSi/c1-4-9-28(3)15-10-12(26)6-8-13(15)25-14-7-5-11(2)16(20(14)28)19-18(24)17(22)21(23)27-19/h5-8,10,26H,2,4,9H2,1,3H3. The maximum atomic E-state index is 10.2. The first-order valence-corrected chi connectivity index (χ1v) is 16.0. The number of halogens is 3. The predicted molar refractivity (Wildman–Crippen MR) is 137 cm³/mol. The van der Waals surface area contributed by atoms with Gasteiger partial charge in [-0.2, -0.15) is 0 Å². The van der Waals surface area contributed by atoms with Gasteiger partial charge in [0.05, 0.1) is 0 Å². The number of fused-ring (bicyclic) bond motifs is 2. The number of phenols is 1. The Labute approximate surface area is 201 Å². The molecule has 2 aromatic carbocycles. The average molecular weight is 694 g/mol. The minimum absolute atomic E-state index is 0.206. The van der Waals surface area contributed by atoms with Gasteiger partial charge in [-0.05, 0) is 0 Å². The van der Waals surface area contributed by atoms with E-state index in [1.807, 2.05) is 12.1 Å². The number of hydrogen-bond acceptors (Lipinski definition) is 2. The second-order valence-corrected chi connectivity index (χ2v) is 17.4. The number of rotatable bonds is 3. The first kappa shape index (κ1) is 21.1. The van der Waals surface area contributed by atoms with Crippen molar-refractivity contribution >= 4 is 99.7 Å². The van der Waals surface area contributed by atoms with Crippen molar-refractivity contribution in [1.82, 2.24) is 0 Å². The topological polar surface area (TPSA) is 32.6 Å². The van der Waals surface area contributed by atoms with E-state index in [-0.39, 0.29) is 14.5 Å². The maximum absolute atomic E-state index is 10.2. The molecule has 0 spiro atoms. The van der Waals surface area contributed by atoms with Gasteiger partial charge in [0.15, 0.2) is 0 Å². The minimum atomic E-state index is -2.10. The average Bonchev–Trinajstić information content (AvgIpc) is 2.91. The molecule has 3 aromatic rings. The molecule has 0 aliphatic carbocycles. The van der Waals surface area contributed by atoms with Crippen LogP contribution in [-0.4, -0.2) is 27.7 Å². The first-order chi connectivity index (χ1) is 13.3. The van der Waals surface area contributed by atoms with E-state index < -0.39 is 8.07 Å². The van der Waals surface area contributed by atoms with E-state index in [2.05, 4.69) is 86.6 Å². The van der Waals surface area contributed by atoms with Crippen molar-refractivity contribution < 1.29 is 5.11 Å². The molecule has 1 aliphatic heterocycles. The van der Waals surface area contributed by atoms with E-state index in [0.29, 0.717) is 5.75 Å². The Morgan fingerprint density at radius 1 is 1.25 bits per heavy atom. The van der Waals surface area contributed by atoms with E-state index in [9.17, 15) is 5.11 Å². The summed E-state index contributed by atoms with van der Waals surface area (Å²) in [4.78, 5) is 5.00. The molecule has 4 rings (SSSR count). The molecule has 1 aliphatic rings. The molecule has 1 N–H and O–H groups in total. The molecule has 0 saturated heterocycles. The third kappa shape index (κ3) is 3.26. The SMILES string of the molecule is C=c1ccc2c(c1-c1[se]c(Br)c(Br)c1I)[Si](C)(CCC)c1cc(O)ccc1N=2. The number of hydrogen-bond donors (Lipinski definition) is 1. The third-order valence-electron chi connectivity index (χ3n) is 5.37. The van der Waals surface area contributed by atoms with E-state index >= 15 is 0 Å². The second-order valence-electron chi connectivity index (χ2n) is 7.22. The Kier molecular flexibility index (Phi) is 5.88. The molecular formula is C21H18Br2INOSeSi. The van der Waals surface area contributed by atoms with Crippen LogP contribution in [0.2, 0.25) is 12.6 Å². The van der Waals surface area contributed by atoms with E-state index in [0.717, 1.165) is 33.2 Å². The molecule has 7 heteroatoms.